The van der Waals surface area contributed by atoms with E-state index in [1.54, 1.807) is 0 Å². The molecule has 2 atom stereocenters. The van der Waals surface area contributed by atoms with Gasteiger partial charge >= 0.3 is 12.1 Å². The Bertz CT molecular complexity index is 501. The molecule has 0 heterocycles. The molecule has 0 radical (unpaired) electrons. The van der Waals surface area contributed by atoms with E-state index in [1.165, 1.54) is 0 Å². The highest BCUT2D eigenvalue weighted by molar-refractivity contribution is 7.94. The van der Waals surface area contributed by atoms with Crippen LogP contribution in [-0.4, -0.2) is 30.6 Å². The van der Waals surface area contributed by atoms with Gasteiger partial charge in [-0.2, -0.15) is 13.2 Å². The van der Waals surface area contributed by atoms with Gasteiger partial charge in [0.05, 0.1) is 5.25 Å². The fourth-order valence-corrected chi connectivity index (χ4v) is 4.24. The summed E-state index contributed by atoms with van der Waals surface area (Å²) in [4.78, 5) is 14.8. The highest BCUT2D eigenvalue weighted by Crippen LogP contribution is 2.34. The lowest BCUT2D eigenvalue weighted by Gasteiger charge is -2.29. The lowest BCUT2D eigenvalue weighted by Crippen LogP contribution is -2.48. The van der Waals surface area contributed by atoms with E-state index in [0.29, 0.717) is 12.8 Å². The number of rotatable bonds is 10. The molecule has 0 aromatic rings. The van der Waals surface area contributed by atoms with Crippen molar-refractivity contribution in [2.75, 3.05) is 0 Å². The van der Waals surface area contributed by atoms with Crippen LogP contribution in [0.2, 0.25) is 0 Å². The average Bonchev–Trinajstić information content (AvgIpc) is 2.45. The fraction of sp³-hybridized carbons (Fsp3) is 0.786. The van der Waals surface area contributed by atoms with Crippen LogP contribution >= 0.6 is 0 Å². The molecule has 0 aliphatic rings. The van der Waals surface area contributed by atoms with Crippen molar-refractivity contribution in [1.82, 2.24) is 0 Å². The molecule has 0 aromatic carbocycles. The Morgan fingerprint density at radius 2 is 1.83 bits per heavy atom. The lowest BCUT2D eigenvalue weighted by atomic mass is 10.0. The van der Waals surface area contributed by atoms with Crippen LogP contribution in [0.1, 0.15) is 52.4 Å². The SMILES string of the molecule is C=CC(CCC(F)(F)F)S(=O)(=O)C(C)(CCCCC)C(=O)OF. The van der Waals surface area contributed by atoms with Crippen LogP contribution in [0.3, 0.4) is 0 Å². The zero-order valence-electron chi connectivity index (χ0n) is 13.2. The van der Waals surface area contributed by atoms with E-state index in [9.17, 15) is 30.9 Å². The Morgan fingerprint density at radius 3 is 2.22 bits per heavy atom. The van der Waals surface area contributed by atoms with Crippen LogP contribution in [-0.2, 0) is 19.6 Å². The molecule has 0 rings (SSSR count). The van der Waals surface area contributed by atoms with Crippen LogP contribution in [0.25, 0.3) is 0 Å². The predicted molar refractivity (Wildman–Crippen MR) is 77.9 cm³/mol. The van der Waals surface area contributed by atoms with E-state index in [-0.39, 0.29) is 6.42 Å². The second-order valence-corrected chi connectivity index (χ2v) is 8.12. The summed E-state index contributed by atoms with van der Waals surface area (Å²) < 4.78 is 72.3. The van der Waals surface area contributed by atoms with Gasteiger partial charge in [0.15, 0.2) is 14.6 Å². The summed E-state index contributed by atoms with van der Waals surface area (Å²) in [5.74, 6) is -1.62. The topological polar surface area (TPSA) is 60.4 Å². The summed E-state index contributed by atoms with van der Waals surface area (Å²) in [5, 5.41) is -1.62. The average molecular weight is 362 g/mol. The molecule has 0 N–H and O–H groups in total. The van der Waals surface area contributed by atoms with Gasteiger partial charge in [0.1, 0.15) is 0 Å². The van der Waals surface area contributed by atoms with Gasteiger partial charge in [-0.15, -0.1) is 6.58 Å². The quantitative estimate of drug-likeness (QED) is 0.334. The number of hydrogen-bond acceptors (Lipinski definition) is 4. The molecule has 0 aromatic heterocycles. The highest BCUT2D eigenvalue weighted by Gasteiger charge is 2.51. The lowest BCUT2D eigenvalue weighted by molar-refractivity contribution is -0.186. The Morgan fingerprint density at radius 1 is 1.26 bits per heavy atom. The molecule has 0 fully saturated rings. The van der Waals surface area contributed by atoms with Crippen molar-refractivity contribution in [2.24, 2.45) is 0 Å². The molecule has 4 nitrogen and oxygen atoms in total. The molecule has 0 saturated carbocycles. The van der Waals surface area contributed by atoms with Crippen LogP contribution in [0.4, 0.5) is 17.7 Å². The minimum atomic E-state index is -4.55. The van der Waals surface area contributed by atoms with Crippen molar-refractivity contribution < 1.29 is 35.9 Å². The van der Waals surface area contributed by atoms with E-state index in [1.807, 2.05) is 6.92 Å². The predicted octanol–water partition coefficient (Wildman–Crippen LogP) is 4.07. The third-order valence-electron chi connectivity index (χ3n) is 3.76. The first kappa shape index (κ1) is 21.9. The zero-order chi connectivity index (χ0) is 18.3. The number of hydrogen-bond donors (Lipinski definition) is 0. The maximum absolute atomic E-state index is 12.6. The second kappa shape index (κ2) is 8.65. The van der Waals surface area contributed by atoms with Crippen molar-refractivity contribution in [1.29, 1.82) is 0 Å². The van der Waals surface area contributed by atoms with Gasteiger partial charge in [0.2, 0.25) is 0 Å². The van der Waals surface area contributed by atoms with Gasteiger partial charge in [0.25, 0.3) is 0 Å². The summed E-state index contributed by atoms with van der Waals surface area (Å²) in [5.41, 5.74) is 0. The molecule has 0 spiro atoms. The summed E-state index contributed by atoms with van der Waals surface area (Å²) in [7, 11) is -4.46. The smallest absolute Gasteiger partial charge is 0.253 e. The first-order valence-corrected chi connectivity index (χ1v) is 8.76. The largest absolute Gasteiger partial charge is 0.389 e. The summed E-state index contributed by atoms with van der Waals surface area (Å²) in [6, 6.07) is 0. The molecule has 2 unspecified atom stereocenters. The second-order valence-electron chi connectivity index (χ2n) is 5.53. The van der Waals surface area contributed by atoms with Gasteiger partial charge in [-0.05, 0) is 19.8 Å². The van der Waals surface area contributed by atoms with E-state index in [4.69, 9.17) is 0 Å². The number of carbonyl (C=O) groups is 1. The first-order valence-electron chi connectivity index (χ1n) is 7.22. The molecular weight excluding hydrogens is 340 g/mol. The van der Waals surface area contributed by atoms with Crippen molar-refractivity contribution in [3.63, 3.8) is 0 Å². The molecule has 136 valence electrons. The van der Waals surface area contributed by atoms with Crippen LogP contribution in [0.15, 0.2) is 12.7 Å². The number of unbranched alkanes of at least 4 members (excludes halogenated alkanes) is 2. The van der Waals surface area contributed by atoms with Crippen molar-refractivity contribution in [3.05, 3.63) is 12.7 Å². The Hall–Kier alpha value is -1.12. The molecule has 9 heteroatoms. The zero-order valence-corrected chi connectivity index (χ0v) is 14.0. The molecule has 0 amide bonds. The van der Waals surface area contributed by atoms with Gasteiger partial charge in [-0.25, -0.2) is 13.2 Å². The molecule has 0 aliphatic heterocycles. The molecule has 0 aliphatic carbocycles. The van der Waals surface area contributed by atoms with E-state index >= 15 is 0 Å². The maximum atomic E-state index is 12.6. The molecule has 23 heavy (non-hydrogen) atoms. The number of carbonyl (C=O) groups excluding carboxylic acids is 1. The summed E-state index contributed by atoms with van der Waals surface area (Å²) in [6.07, 6.45) is -4.46. The summed E-state index contributed by atoms with van der Waals surface area (Å²) in [6.45, 7) is 6.05. The van der Waals surface area contributed by atoms with E-state index < -0.39 is 44.8 Å². The minimum absolute atomic E-state index is 0.234. The Balaban J connectivity index is 5.53. The van der Waals surface area contributed by atoms with Gasteiger partial charge in [0, 0.05) is 10.9 Å². The number of alkyl halides is 3. The molecular formula is C14H22F4O4S. The van der Waals surface area contributed by atoms with Gasteiger partial charge in [-0.3, -0.25) is 4.94 Å². The van der Waals surface area contributed by atoms with Crippen LogP contribution in [0.5, 0.6) is 0 Å². The van der Waals surface area contributed by atoms with Crippen molar-refractivity contribution in [3.8, 4) is 0 Å². The van der Waals surface area contributed by atoms with Crippen LogP contribution in [0, 0.1) is 0 Å². The minimum Gasteiger partial charge on any atom is -0.253 e. The van der Waals surface area contributed by atoms with Gasteiger partial charge < -0.3 is 0 Å². The molecule has 0 saturated heterocycles. The van der Waals surface area contributed by atoms with Crippen LogP contribution < -0.4 is 0 Å². The summed E-state index contributed by atoms with van der Waals surface area (Å²) >= 11 is 0. The third kappa shape index (κ3) is 5.78. The van der Waals surface area contributed by atoms with E-state index in [0.717, 1.165) is 19.4 Å². The van der Waals surface area contributed by atoms with Crippen molar-refractivity contribution in [2.45, 2.75) is 68.5 Å². The monoisotopic (exact) mass is 362 g/mol. The van der Waals surface area contributed by atoms with E-state index in [2.05, 4.69) is 11.5 Å². The normalized spacial score (nSPS) is 16.4. The third-order valence-corrected chi connectivity index (χ3v) is 6.61. The Kier molecular flexibility index (Phi) is 8.23. The van der Waals surface area contributed by atoms with Crippen molar-refractivity contribution >= 4 is 15.8 Å². The first-order chi connectivity index (χ1) is 10.5. The number of halogens is 4. The standard InChI is InChI=1S/C14H22F4O4S/c1-4-6-7-9-13(3,12(19)22-18)23(20,21)11(5-2)8-10-14(15,16)17/h5,11H,2,4,6-10H2,1,3H3. The molecule has 0 bridgehead atoms. The Labute approximate surface area is 133 Å². The van der Waals surface area contributed by atoms with Gasteiger partial charge in [-0.1, -0.05) is 32.3 Å². The highest BCUT2D eigenvalue weighted by atomic mass is 32.2. The fourth-order valence-electron chi connectivity index (χ4n) is 2.19. The number of sulfone groups is 1. The maximum Gasteiger partial charge on any atom is 0.389 e.